The lowest BCUT2D eigenvalue weighted by molar-refractivity contribution is -0.936. The number of ether oxygens (including phenoxy) is 2. The smallest absolute Gasteiger partial charge is 0.126 e. The number of likely N-dealkylation sites (N-methyl/N-ethyl adjacent to an activating group) is 1. The van der Waals surface area contributed by atoms with Gasteiger partial charge < -0.3 is 19.1 Å². The van der Waals surface area contributed by atoms with Crippen molar-refractivity contribution in [2.24, 2.45) is 11.3 Å². The number of morpholine rings is 1. The molecule has 3 atom stereocenters. The van der Waals surface area contributed by atoms with E-state index in [-0.39, 0.29) is 6.10 Å². The van der Waals surface area contributed by atoms with Gasteiger partial charge in [-0.15, -0.1) is 0 Å². The Hall–Kier alpha value is -0.160. The minimum absolute atomic E-state index is 0.313. The molecule has 1 saturated heterocycles. The van der Waals surface area contributed by atoms with Gasteiger partial charge in [-0.05, 0) is 37.5 Å². The van der Waals surface area contributed by atoms with Crippen LogP contribution in [-0.4, -0.2) is 67.8 Å². The van der Waals surface area contributed by atoms with Gasteiger partial charge in [0.05, 0.1) is 32.5 Å². The van der Waals surface area contributed by atoms with Gasteiger partial charge in [0.15, 0.2) is 0 Å². The highest BCUT2D eigenvalue weighted by Gasteiger charge is 2.34. The summed E-state index contributed by atoms with van der Waals surface area (Å²) in [6.45, 7) is 15.2. The second kappa shape index (κ2) is 7.61. The van der Waals surface area contributed by atoms with Crippen LogP contribution >= 0.6 is 0 Å². The van der Waals surface area contributed by atoms with Crippen LogP contribution in [0.4, 0.5) is 0 Å². The Balaban J connectivity index is 1.78. The second-order valence-corrected chi connectivity index (χ2v) is 8.42. The molecule has 0 aromatic rings. The van der Waals surface area contributed by atoms with Crippen LogP contribution in [0.25, 0.3) is 0 Å². The average molecular weight is 314 g/mol. The lowest BCUT2D eigenvalue weighted by Crippen LogP contribution is -2.58. The fourth-order valence-corrected chi connectivity index (χ4v) is 4.49. The number of hydrogen-bond acceptors (Lipinski definition) is 3. The van der Waals surface area contributed by atoms with Crippen molar-refractivity contribution in [1.82, 2.24) is 0 Å². The predicted molar refractivity (Wildman–Crippen MR) is 88.8 cm³/mol. The number of aliphatic hydroxyl groups excluding tert-OH is 1. The molecule has 2 aliphatic rings. The molecule has 1 N–H and O–H groups in total. The molecule has 1 heterocycles. The van der Waals surface area contributed by atoms with Gasteiger partial charge in [0.1, 0.15) is 25.7 Å². The first-order valence-corrected chi connectivity index (χ1v) is 9.07. The molecule has 1 saturated carbocycles. The van der Waals surface area contributed by atoms with Gasteiger partial charge in [0, 0.05) is 0 Å². The predicted octanol–water partition coefficient (Wildman–Crippen LogP) is 2.45. The van der Waals surface area contributed by atoms with Gasteiger partial charge in [0.25, 0.3) is 0 Å². The lowest BCUT2D eigenvalue weighted by atomic mass is 9.71. The molecule has 2 fully saturated rings. The van der Waals surface area contributed by atoms with E-state index in [0.717, 1.165) is 62.6 Å². The lowest BCUT2D eigenvalue weighted by Gasteiger charge is -2.42. The minimum Gasteiger partial charge on any atom is -0.385 e. The van der Waals surface area contributed by atoms with Crippen LogP contribution in [0.5, 0.6) is 0 Å². The summed E-state index contributed by atoms with van der Waals surface area (Å²) in [7, 11) is 0. The Kier molecular flexibility index (Phi) is 6.29. The quantitative estimate of drug-likeness (QED) is 0.765. The van der Waals surface area contributed by atoms with Crippen molar-refractivity contribution in [2.75, 3.05) is 46.0 Å². The highest BCUT2D eigenvalue weighted by molar-refractivity contribution is 4.83. The van der Waals surface area contributed by atoms with Crippen molar-refractivity contribution >= 4 is 0 Å². The largest absolute Gasteiger partial charge is 0.385 e. The van der Waals surface area contributed by atoms with Gasteiger partial charge in [0.2, 0.25) is 0 Å². The Morgan fingerprint density at radius 2 is 1.95 bits per heavy atom. The van der Waals surface area contributed by atoms with Crippen LogP contribution in [0.1, 0.15) is 47.0 Å². The molecule has 0 unspecified atom stereocenters. The van der Waals surface area contributed by atoms with Gasteiger partial charge in [-0.1, -0.05) is 20.8 Å². The third kappa shape index (κ3) is 5.19. The summed E-state index contributed by atoms with van der Waals surface area (Å²) < 4.78 is 12.5. The molecule has 1 aliphatic heterocycles. The fourth-order valence-electron chi connectivity index (χ4n) is 4.49. The zero-order valence-electron chi connectivity index (χ0n) is 15.0. The maximum atomic E-state index is 10.4. The molecule has 0 aromatic carbocycles. The van der Waals surface area contributed by atoms with E-state index in [1.807, 2.05) is 0 Å². The highest BCUT2D eigenvalue weighted by atomic mass is 16.5. The van der Waals surface area contributed by atoms with Crippen molar-refractivity contribution in [2.45, 2.75) is 59.2 Å². The molecule has 0 spiro atoms. The van der Waals surface area contributed by atoms with Gasteiger partial charge >= 0.3 is 0 Å². The van der Waals surface area contributed by atoms with Gasteiger partial charge in [-0.3, -0.25) is 0 Å². The minimum atomic E-state index is -0.363. The van der Waals surface area contributed by atoms with Crippen LogP contribution in [0, 0.1) is 11.3 Å². The number of quaternary nitrogens is 1. The maximum absolute atomic E-state index is 10.4. The zero-order valence-corrected chi connectivity index (χ0v) is 15.0. The molecule has 0 aromatic heterocycles. The van der Waals surface area contributed by atoms with Crippen molar-refractivity contribution in [3.05, 3.63) is 0 Å². The monoisotopic (exact) mass is 314 g/mol. The van der Waals surface area contributed by atoms with E-state index in [0.29, 0.717) is 18.1 Å². The summed E-state index contributed by atoms with van der Waals surface area (Å²) in [4.78, 5) is 0. The van der Waals surface area contributed by atoms with E-state index in [1.165, 1.54) is 6.42 Å². The van der Waals surface area contributed by atoms with E-state index >= 15 is 0 Å². The van der Waals surface area contributed by atoms with Crippen LogP contribution in [0.15, 0.2) is 0 Å². The van der Waals surface area contributed by atoms with Crippen LogP contribution in [0.3, 0.4) is 0 Å². The van der Waals surface area contributed by atoms with E-state index in [9.17, 15) is 5.11 Å². The summed E-state index contributed by atoms with van der Waals surface area (Å²) in [5.74, 6) is 0.721. The van der Waals surface area contributed by atoms with E-state index in [4.69, 9.17) is 9.47 Å². The normalized spacial score (nSPS) is 32.6. The summed E-state index contributed by atoms with van der Waals surface area (Å²) in [5, 5.41) is 10.4. The topological polar surface area (TPSA) is 38.7 Å². The summed E-state index contributed by atoms with van der Waals surface area (Å²) in [6.07, 6.45) is 3.49. The Bertz CT molecular complexity index is 339. The van der Waals surface area contributed by atoms with Crippen LogP contribution in [-0.2, 0) is 9.47 Å². The summed E-state index contributed by atoms with van der Waals surface area (Å²) >= 11 is 0. The fraction of sp³-hybridized carbons (Fsp3) is 1.00. The molecule has 0 radical (unpaired) electrons. The van der Waals surface area contributed by atoms with E-state index in [2.05, 4.69) is 27.7 Å². The summed E-state index contributed by atoms with van der Waals surface area (Å²) in [6, 6.07) is 0. The molecule has 4 heteroatoms. The van der Waals surface area contributed by atoms with Crippen molar-refractivity contribution in [3.8, 4) is 0 Å². The molecule has 1 aliphatic carbocycles. The van der Waals surface area contributed by atoms with Crippen molar-refractivity contribution < 1.29 is 19.1 Å². The molecule has 130 valence electrons. The number of nitrogens with zero attached hydrogens (tertiary/aromatic N) is 1. The molecule has 0 bridgehead atoms. The molecular weight excluding hydrogens is 278 g/mol. The standard InChI is InChI=1S/C18H36NO3/c1-5-19(6-8-21-9-7-19)13-16(20)14-22-17-10-15(2)11-18(3,4)12-17/h15-17,20H,5-14H2,1-4H3/q+1/t15-,16-,17-/m0/s1. The maximum Gasteiger partial charge on any atom is 0.126 e. The zero-order chi connectivity index (χ0) is 16.2. The molecular formula is C18H36NO3+. The molecule has 2 rings (SSSR count). The Morgan fingerprint density at radius 3 is 2.55 bits per heavy atom. The second-order valence-electron chi connectivity index (χ2n) is 8.42. The van der Waals surface area contributed by atoms with Crippen LogP contribution < -0.4 is 0 Å². The van der Waals surface area contributed by atoms with Gasteiger partial charge in [-0.25, -0.2) is 0 Å². The molecule has 22 heavy (non-hydrogen) atoms. The number of rotatable bonds is 6. The van der Waals surface area contributed by atoms with Crippen molar-refractivity contribution in [1.29, 1.82) is 0 Å². The summed E-state index contributed by atoms with van der Waals surface area (Å²) in [5.41, 5.74) is 0.370. The first-order valence-electron chi connectivity index (χ1n) is 9.07. The number of aliphatic hydroxyl groups is 1. The third-order valence-corrected chi connectivity index (χ3v) is 5.56. The number of hydrogen-bond donors (Lipinski definition) is 1. The third-order valence-electron chi connectivity index (χ3n) is 5.56. The van der Waals surface area contributed by atoms with Gasteiger partial charge in [-0.2, -0.15) is 0 Å². The van der Waals surface area contributed by atoms with Crippen LogP contribution in [0.2, 0.25) is 0 Å². The first kappa shape index (κ1) is 18.2. The van der Waals surface area contributed by atoms with E-state index < -0.39 is 0 Å². The average Bonchev–Trinajstić information content (AvgIpc) is 2.44. The Labute approximate surface area is 136 Å². The van der Waals surface area contributed by atoms with E-state index in [1.54, 1.807) is 0 Å². The SMILES string of the molecule is CC[N+]1(C[C@H](O)CO[C@H]2C[C@H](C)CC(C)(C)C2)CCOCC1. The highest BCUT2D eigenvalue weighted by Crippen LogP contribution is 2.39. The Morgan fingerprint density at radius 1 is 1.27 bits per heavy atom. The first-order chi connectivity index (χ1) is 10.3. The molecule has 4 nitrogen and oxygen atoms in total. The van der Waals surface area contributed by atoms with Crippen molar-refractivity contribution in [3.63, 3.8) is 0 Å². The molecule has 0 amide bonds.